The number of nitriles is 1. The molecule has 0 saturated carbocycles. The van der Waals surface area contributed by atoms with E-state index in [1.54, 1.807) is 6.92 Å². The molecular formula is C20H17IN2O. The number of aromatic nitrogens is 1. The standard InChI is InChI=1S/C20H17IN2O/c1-13-8-15-6-7-16(10-18(15)23-19(13)24)20(2,12-22)11-14-4-3-5-17(21)9-14/h3-10H,11H2,1-2H3,(H,23,24). The topological polar surface area (TPSA) is 56.6 Å². The van der Waals surface area contributed by atoms with E-state index in [4.69, 9.17) is 0 Å². The molecule has 0 spiro atoms. The van der Waals surface area contributed by atoms with E-state index in [0.717, 1.165) is 25.6 Å². The third-order valence-corrected chi connectivity index (χ3v) is 5.03. The highest BCUT2D eigenvalue weighted by Gasteiger charge is 2.27. The van der Waals surface area contributed by atoms with Gasteiger partial charge in [0.25, 0.3) is 5.56 Å². The van der Waals surface area contributed by atoms with Gasteiger partial charge in [0.15, 0.2) is 0 Å². The first-order chi connectivity index (χ1) is 11.4. The van der Waals surface area contributed by atoms with E-state index in [9.17, 15) is 10.1 Å². The average Bonchev–Trinajstić information content (AvgIpc) is 2.55. The molecule has 2 aromatic carbocycles. The zero-order chi connectivity index (χ0) is 17.3. The number of pyridine rings is 1. The quantitative estimate of drug-likeness (QED) is 0.627. The number of H-pyrrole nitrogens is 1. The molecule has 24 heavy (non-hydrogen) atoms. The Hall–Kier alpha value is -2.13. The third-order valence-electron chi connectivity index (χ3n) is 4.36. The van der Waals surface area contributed by atoms with E-state index in [-0.39, 0.29) is 5.56 Å². The van der Waals surface area contributed by atoms with Crippen molar-refractivity contribution in [1.82, 2.24) is 4.98 Å². The molecule has 0 aliphatic heterocycles. The summed E-state index contributed by atoms with van der Waals surface area (Å²) >= 11 is 2.28. The molecule has 1 N–H and O–H groups in total. The molecular weight excluding hydrogens is 411 g/mol. The molecule has 1 heterocycles. The predicted molar refractivity (Wildman–Crippen MR) is 105 cm³/mol. The Morgan fingerprint density at radius 2 is 2.00 bits per heavy atom. The van der Waals surface area contributed by atoms with Crippen molar-refractivity contribution in [3.8, 4) is 6.07 Å². The van der Waals surface area contributed by atoms with Crippen molar-refractivity contribution in [2.75, 3.05) is 0 Å². The second kappa shape index (κ2) is 6.40. The Morgan fingerprint density at radius 1 is 1.21 bits per heavy atom. The number of fused-ring (bicyclic) bond motifs is 1. The summed E-state index contributed by atoms with van der Waals surface area (Å²) in [5.74, 6) is 0. The fraction of sp³-hybridized carbons (Fsp3) is 0.200. The molecule has 0 amide bonds. The lowest BCUT2D eigenvalue weighted by atomic mass is 9.78. The van der Waals surface area contributed by atoms with Crippen molar-refractivity contribution in [1.29, 1.82) is 5.26 Å². The smallest absolute Gasteiger partial charge is 0.251 e. The number of benzene rings is 2. The number of rotatable bonds is 3. The zero-order valence-electron chi connectivity index (χ0n) is 13.6. The lowest BCUT2D eigenvalue weighted by Gasteiger charge is -2.23. The summed E-state index contributed by atoms with van der Waals surface area (Å²) < 4.78 is 1.16. The summed E-state index contributed by atoms with van der Waals surface area (Å²) in [6.07, 6.45) is 0.627. The first-order valence-corrected chi connectivity index (χ1v) is 8.79. The molecule has 0 saturated heterocycles. The van der Waals surface area contributed by atoms with Crippen LogP contribution in [0.15, 0.2) is 53.3 Å². The maximum absolute atomic E-state index is 11.9. The van der Waals surface area contributed by atoms with Gasteiger partial charge in [-0.3, -0.25) is 4.79 Å². The second-order valence-corrected chi connectivity index (χ2v) is 7.58. The molecule has 0 radical (unpaired) electrons. The van der Waals surface area contributed by atoms with Gasteiger partial charge in [-0.2, -0.15) is 5.26 Å². The van der Waals surface area contributed by atoms with Crippen LogP contribution < -0.4 is 5.56 Å². The van der Waals surface area contributed by atoms with Crippen molar-refractivity contribution < 1.29 is 0 Å². The second-order valence-electron chi connectivity index (χ2n) is 6.33. The summed E-state index contributed by atoms with van der Waals surface area (Å²) in [5.41, 5.74) is 2.76. The van der Waals surface area contributed by atoms with Crippen LogP contribution in [-0.4, -0.2) is 4.98 Å². The summed E-state index contributed by atoms with van der Waals surface area (Å²) in [4.78, 5) is 14.8. The van der Waals surface area contributed by atoms with Gasteiger partial charge in [-0.15, -0.1) is 0 Å². The van der Waals surface area contributed by atoms with Gasteiger partial charge in [0.05, 0.1) is 11.5 Å². The fourth-order valence-electron chi connectivity index (χ4n) is 2.91. The highest BCUT2D eigenvalue weighted by atomic mass is 127. The highest BCUT2D eigenvalue weighted by molar-refractivity contribution is 14.1. The van der Waals surface area contributed by atoms with Crippen LogP contribution in [0.5, 0.6) is 0 Å². The average molecular weight is 428 g/mol. The van der Waals surface area contributed by atoms with Crippen LogP contribution in [0.1, 0.15) is 23.6 Å². The molecule has 0 fully saturated rings. The van der Waals surface area contributed by atoms with Crippen LogP contribution in [0.3, 0.4) is 0 Å². The molecule has 0 aliphatic carbocycles. The van der Waals surface area contributed by atoms with Crippen LogP contribution in [0.2, 0.25) is 0 Å². The van der Waals surface area contributed by atoms with Gasteiger partial charge in [-0.05, 0) is 83.6 Å². The molecule has 1 atom stereocenters. The van der Waals surface area contributed by atoms with Gasteiger partial charge in [-0.25, -0.2) is 0 Å². The van der Waals surface area contributed by atoms with E-state index >= 15 is 0 Å². The molecule has 1 aromatic heterocycles. The van der Waals surface area contributed by atoms with Crippen molar-refractivity contribution in [3.05, 3.63) is 79.1 Å². The normalized spacial score (nSPS) is 13.4. The number of aryl methyl sites for hydroxylation is 1. The summed E-state index contributed by atoms with van der Waals surface area (Å²) in [6, 6.07) is 18.4. The minimum Gasteiger partial charge on any atom is -0.322 e. The van der Waals surface area contributed by atoms with E-state index in [1.165, 1.54) is 0 Å². The Labute approximate surface area is 154 Å². The SMILES string of the molecule is Cc1cc2ccc(C(C)(C#N)Cc3cccc(I)c3)cc2[nH]c1=O. The Morgan fingerprint density at radius 3 is 2.71 bits per heavy atom. The third kappa shape index (κ3) is 3.22. The number of nitrogens with one attached hydrogen (secondary N) is 1. The largest absolute Gasteiger partial charge is 0.322 e. The van der Waals surface area contributed by atoms with Gasteiger partial charge in [0.1, 0.15) is 0 Å². The molecule has 0 bridgehead atoms. The highest BCUT2D eigenvalue weighted by Crippen LogP contribution is 2.30. The lowest BCUT2D eigenvalue weighted by molar-refractivity contribution is 0.607. The molecule has 1 unspecified atom stereocenters. The van der Waals surface area contributed by atoms with E-state index in [2.05, 4.69) is 39.7 Å². The van der Waals surface area contributed by atoms with Gasteiger partial charge in [0, 0.05) is 14.7 Å². The Kier molecular flexibility index (Phi) is 4.46. The molecule has 120 valence electrons. The Bertz CT molecular complexity index is 1020. The summed E-state index contributed by atoms with van der Waals surface area (Å²) in [7, 11) is 0. The van der Waals surface area contributed by atoms with E-state index in [1.807, 2.05) is 49.4 Å². The number of hydrogen-bond acceptors (Lipinski definition) is 2. The minimum absolute atomic E-state index is 0.0871. The lowest BCUT2D eigenvalue weighted by Crippen LogP contribution is -2.23. The maximum atomic E-state index is 11.9. The molecule has 3 nitrogen and oxygen atoms in total. The molecule has 4 heteroatoms. The molecule has 0 aliphatic rings. The summed E-state index contributed by atoms with van der Waals surface area (Å²) in [5, 5.41) is 10.8. The zero-order valence-corrected chi connectivity index (χ0v) is 15.7. The molecule has 3 aromatic rings. The van der Waals surface area contributed by atoms with Crippen LogP contribution in [0.4, 0.5) is 0 Å². The predicted octanol–water partition coefficient (Wildman–Crippen LogP) is 4.47. The van der Waals surface area contributed by atoms with Crippen molar-refractivity contribution in [2.24, 2.45) is 0 Å². The Balaban J connectivity index is 2.07. The van der Waals surface area contributed by atoms with E-state index in [0.29, 0.717) is 12.0 Å². The minimum atomic E-state index is -0.652. The maximum Gasteiger partial charge on any atom is 0.251 e. The van der Waals surface area contributed by atoms with Gasteiger partial charge < -0.3 is 4.98 Å². The molecule has 3 rings (SSSR count). The van der Waals surface area contributed by atoms with Crippen molar-refractivity contribution in [2.45, 2.75) is 25.7 Å². The number of nitrogens with zero attached hydrogens (tertiary/aromatic N) is 1. The van der Waals surface area contributed by atoms with Crippen LogP contribution >= 0.6 is 22.6 Å². The van der Waals surface area contributed by atoms with Crippen molar-refractivity contribution >= 4 is 33.5 Å². The van der Waals surface area contributed by atoms with Crippen LogP contribution in [0, 0.1) is 21.8 Å². The van der Waals surface area contributed by atoms with Gasteiger partial charge in [0.2, 0.25) is 0 Å². The number of halogens is 1. The number of hydrogen-bond donors (Lipinski definition) is 1. The van der Waals surface area contributed by atoms with Gasteiger partial charge >= 0.3 is 0 Å². The van der Waals surface area contributed by atoms with Gasteiger partial charge in [-0.1, -0.05) is 24.3 Å². The van der Waals surface area contributed by atoms with Crippen LogP contribution in [-0.2, 0) is 11.8 Å². The first kappa shape index (κ1) is 16.7. The van der Waals surface area contributed by atoms with E-state index < -0.39 is 5.41 Å². The fourth-order valence-corrected chi connectivity index (χ4v) is 3.52. The number of aromatic amines is 1. The monoisotopic (exact) mass is 428 g/mol. The van der Waals surface area contributed by atoms with Crippen molar-refractivity contribution in [3.63, 3.8) is 0 Å². The van der Waals surface area contributed by atoms with Crippen LogP contribution in [0.25, 0.3) is 10.9 Å². The summed E-state index contributed by atoms with van der Waals surface area (Å²) in [6.45, 7) is 3.74. The first-order valence-electron chi connectivity index (χ1n) is 7.71.